The molecular formula is C17H12F4N4O2S. The van der Waals surface area contributed by atoms with Gasteiger partial charge < -0.3 is 9.47 Å². The number of rotatable bonds is 6. The number of halogens is 4. The van der Waals surface area contributed by atoms with Gasteiger partial charge in [-0.2, -0.15) is 23.7 Å². The van der Waals surface area contributed by atoms with Crippen LogP contribution in [-0.4, -0.2) is 28.2 Å². The van der Waals surface area contributed by atoms with Crippen LogP contribution in [0.25, 0.3) is 0 Å². The van der Waals surface area contributed by atoms with Crippen molar-refractivity contribution in [3.8, 4) is 11.5 Å². The van der Waals surface area contributed by atoms with Crippen molar-refractivity contribution < 1.29 is 27.0 Å². The molecule has 1 heterocycles. The van der Waals surface area contributed by atoms with E-state index >= 15 is 0 Å². The van der Waals surface area contributed by atoms with E-state index in [0.29, 0.717) is 16.9 Å². The summed E-state index contributed by atoms with van der Waals surface area (Å²) in [6.45, 7) is -0.410. The molecular weight excluding hydrogens is 400 g/mol. The van der Waals surface area contributed by atoms with Crippen molar-refractivity contribution in [2.75, 3.05) is 7.11 Å². The summed E-state index contributed by atoms with van der Waals surface area (Å²) in [6.07, 6.45) is 2.83. The monoisotopic (exact) mass is 412 g/mol. The highest BCUT2D eigenvalue weighted by Crippen LogP contribution is 2.28. The van der Waals surface area contributed by atoms with Crippen molar-refractivity contribution in [2.24, 2.45) is 5.10 Å². The first-order chi connectivity index (χ1) is 13.4. The average Bonchev–Trinajstić information content (AvgIpc) is 3.09. The van der Waals surface area contributed by atoms with Gasteiger partial charge in [-0.05, 0) is 36.0 Å². The van der Waals surface area contributed by atoms with E-state index in [-0.39, 0.29) is 10.8 Å². The highest BCUT2D eigenvalue weighted by Gasteiger charge is 2.21. The van der Waals surface area contributed by atoms with E-state index in [1.807, 2.05) is 0 Å². The molecule has 0 aliphatic carbocycles. The van der Waals surface area contributed by atoms with Gasteiger partial charge in [0.25, 0.3) is 0 Å². The Bertz CT molecular complexity index is 1070. The molecule has 0 saturated carbocycles. The van der Waals surface area contributed by atoms with Gasteiger partial charge in [0.15, 0.2) is 17.4 Å². The van der Waals surface area contributed by atoms with Gasteiger partial charge in [0.2, 0.25) is 16.4 Å². The Balaban J connectivity index is 1.87. The Kier molecular flexibility index (Phi) is 5.73. The van der Waals surface area contributed by atoms with Gasteiger partial charge in [0.05, 0.1) is 13.3 Å². The van der Waals surface area contributed by atoms with E-state index in [4.69, 9.17) is 21.7 Å². The van der Waals surface area contributed by atoms with Crippen molar-refractivity contribution in [3.63, 3.8) is 0 Å². The molecule has 1 N–H and O–H groups in total. The minimum Gasteiger partial charge on any atom is -0.496 e. The Morgan fingerprint density at radius 1 is 1.18 bits per heavy atom. The lowest BCUT2D eigenvalue weighted by Crippen LogP contribution is -2.05. The molecule has 0 aliphatic rings. The molecule has 11 heteroatoms. The standard InChI is InChI=1S/C17H12F4N4O2S/c1-26-13-3-2-9(6-23-25-8-22-24-17(25)28)4-10(13)7-27-16-14(20)11(18)5-12(19)15(16)21/h2-6,8H,7H2,1H3,(H,24,28). The largest absolute Gasteiger partial charge is 0.496 e. The number of aromatic amines is 1. The van der Waals surface area contributed by atoms with Crippen LogP contribution < -0.4 is 9.47 Å². The topological polar surface area (TPSA) is 64.4 Å². The molecule has 0 amide bonds. The van der Waals surface area contributed by atoms with Crippen molar-refractivity contribution >= 4 is 18.4 Å². The number of H-pyrrole nitrogens is 1. The van der Waals surface area contributed by atoms with Gasteiger partial charge in [-0.15, -0.1) is 0 Å². The Labute approximate surface area is 161 Å². The molecule has 3 rings (SSSR count). The van der Waals surface area contributed by atoms with E-state index in [9.17, 15) is 17.6 Å². The Morgan fingerprint density at radius 2 is 1.89 bits per heavy atom. The zero-order chi connectivity index (χ0) is 20.3. The first-order valence-corrected chi connectivity index (χ1v) is 8.10. The molecule has 0 saturated heterocycles. The summed E-state index contributed by atoms with van der Waals surface area (Å²) < 4.78 is 65.8. The smallest absolute Gasteiger partial charge is 0.216 e. The first kappa shape index (κ1) is 19.5. The highest BCUT2D eigenvalue weighted by atomic mass is 32.1. The molecule has 0 radical (unpaired) electrons. The summed E-state index contributed by atoms with van der Waals surface area (Å²) >= 11 is 4.97. The van der Waals surface area contributed by atoms with Crippen LogP contribution in [-0.2, 0) is 6.61 Å². The molecule has 6 nitrogen and oxygen atoms in total. The molecule has 3 aromatic rings. The van der Waals surface area contributed by atoms with Gasteiger partial charge in [-0.1, -0.05) is 0 Å². The summed E-state index contributed by atoms with van der Waals surface area (Å²) in [7, 11) is 1.39. The third-order valence-electron chi connectivity index (χ3n) is 3.61. The Hall–Kier alpha value is -3.21. The molecule has 28 heavy (non-hydrogen) atoms. The summed E-state index contributed by atoms with van der Waals surface area (Å²) in [5, 5.41) is 10.4. The molecule has 0 bridgehead atoms. The van der Waals surface area contributed by atoms with Crippen molar-refractivity contribution in [2.45, 2.75) is 6.61 Å². The van der Waals surface area contributed by atoms with E-state index in [0.717, 1.165) is 0 Å². The third kappa shape index (κ3) is 4.03. The van der Waals surface area contributed by atoms with E-state index in [1.54, 1.807) is 18.2 Å². The maximum absolute atomic E-state index is 13.7. The van der Waals surface area contributed by atoms with E-state index < -0.39 is 35.6 Å². The molecule has 0 atom stereocenters. The number of benzene rings is 2. The maximum atomic E-state index is 13.7. The fourth-order valence-corrected chi connectivity index (χ4v) is 2.42. The first-order valence-electron chi connectivity index (χ1n) is 7.69. The fraction of sp³-hybridized carbons (Fsp3) is 0.118. The van der Waals surface area contributed by atoms with Gasteiger partial charge in [0, 0.05) is 11.6 Å². The molecule has 146 valence electrons. The molecule has 0 unspecified atom stereocenters. The molecule has 0 spiro atoms. The predicted molar refractivity (Wildman–Crippen MR) is 94.0 cm³/mol. The zero-order valence-corrected chi connectivity index (χ0v) is 15.1. The van der Waals surface area contributed by atoms with Crippen molar-refractivity contribution in [3.05, 3.63) is 69.8 Å². The minimum atomic E-state index is -1.62. The van der Waals surface area contributed by atoms with E-state index in [1.165, 1.54) is 24.3 Å². The maximum Gasteiger partial charge on any atom is 0.216 e. The number of nitrogens with zero attached hydrogens (tertiary/aromatic N) is 3. The third-order valence-corrected chi connectivity index (χ3v) is 3.89. The van der Waals surface area contributed by atoms with Crippen LogP contribution in [0.5, 0.6) is 11.5 Å². The van der Waals surface area contributed by atoms with Gasteiger partial charge >= 0.3 is 0 Å². The van der Waals surface area contributed by atoms with Crippen molar-refractivity contribution in [1.29, 1.82) is 0 Å². The number of hydrogen-bond donors (Lipinski definition) is 1. The second-order valence-corrected chi connectivity index (χ2v) is 5.79. The van der Waals surface area contributed by atoms with Gasteiger partial charge in [-0.25, -0.2) is 8.78 Å². The van der Waals surface area contributed by atoms with Gasteiger partial charge in [-0.3, -0.25) is 5.10 Å². The number of hydrogen-bond acceptors (Lipinski definition) is 5. The predicted octanol–water partition coefficient (Wildman–Crippen LogP) is 3.97. The highest BCUT2D eigenvalue weighted by molar-refractivity contribution is 7.71. The number of aromatic nitrogens is 3. The van der Waals surface area contributed by atoms with Gasteiger partial charge in [0.1, 0.15) is 18.7 Å². The van der Waals surface area contributed by atoms with Crippen LogP contribution in [0.2, 0.25) is 0 Å². The summed E-state index contributed by atoms with van der Waals surface area (Å²) in [5.41, 5.74) is 0.944. The number of ether oxygens (including phenoxy) is 2. The second kappa shape index (κ2) is 8.21. The van der Waals surface area contributed by atoms with Crippen LogP contribution in [0.15, 0.2) is 35.7 Å². The fourth-order valence-electron chi connectivity index (χ4n) is 2.27. The Morgan fingerprint density at radius 3 is 2.50 bits per heavy atom. The summed E-state index contributed by atoms with van der Waals surface area (Å²) in [5.74, 6) is -7.16. The van der Waals surface area contributed by atoms with Crippen LogP contribution in [0.3, 0.4) is 0 Å². The number of nitrogens with one attached hydrogen (secondary N) is 1. The SMILES string of the molecule is COc1ccc(C=Nn2cn[nH]c2=S)cc1COc1c(F)c(F)cc(F)c1F. The van der Waals surface area contributed by atoms with Crippen LogP contribution in [0, 0.1) is 28.0 Å². The zero-order valence-electron chi connectivity index (χ0n) is 14.2. The molecule has 0 aliphatic heterocycles. The van der Waals surface area contributed by atoms with Crippen LogP contribution in [0.1, 0.15) is 11.1 Å². The molecule has 2 aromatic carbocycles. The lowest BCUT2D eigenvalue weighted by Gasteiger charge is -2.12. The van der Waals surface area contributed by atoms with Crippen LogP contribution in [0.4, 0.5) is 17.6 Å². The van der Waals surface area contributed by atoms with E-state index in [2.05, 4.69) is 15.3 Å². The normalized spacial score (nSPS) is 11.2. The second-order valence-electron chi connectivity index (χ2n) is 5.41. The number of methoxy groups -OCH3 is 1. The lowest BCUT2D eigenvalue weighted by atomic mass is 10.1. The quantitative estimate of drug-likeness (QED) is 0.288. The summed E-state index contributed by atoms with van der Waals surface area (Å²) in [4.78, 5) is 0. The van der Waals surface area contributed by atoms with Crippen LogP contribution >= 0.6 is 12.2 Å². The average molecular weight is 412 g/mol. The molecule has 0 fully saturated rings. The summed E-state index contributed by atoms with van der Waals surface area (Å²) in [6, 6.07) is 4.92. The van der Waals surface area contributed by atoms with Crippen molar-refractivity contribution in [1.82, 2.24) is 14.9 Å². The minimum absolute atomic E-state index is 0.107. The lowest BCUT2D eigenvalue weighted by molar-refractivity contribution is 0.256. The molecule has 1 aromatic heterocycles.